The Kier molecular flexibility index (Phi) is 5.92. The molecular formula is C25H26N2O2. The molecule has 0 saturated carbocycles. The van der Waals surface area contributed by atoms with Crippen molar-refractivity contribution in [2.75, 3.05) is 19.0 Å². The van der Waals surface area contributed by atoms with E-state index in [1.165, 1.54) is 24.0 Å². The third kappa shape index (κ3) is 4.66. The first-order valence-electron chi connectivity index (χ1n) is 10.1. The van der Waals surface area contributed by atoms with Crippen LogP contribution in [0.2, 0.25) is 0 Å². The van der Waals surface area contributed by atoms with Gasteiger partial charge in [0.2, 0.25) is 0 Å². The van der Waals surface area contributed by atoms with Crippen molar-refractivity contribution in [3.63, 3.8) is 0 Å². The molecule has 1 aliphatic rings. The summed E-state index contributed by atoms with van der Waals surface area (Å²) in [6, 6.07) is 26.3. The van der Waals surface area contributed by atoms with Crippen LogP contribution >= 0.6 is 0 Å². The summed E-state index contributed by atoms with van der Waals surface area (Å²) in [4.78, 5) is 14.9. The zero-order valence-corrected chi connectivity index (χ0v) is 16.7. The van der Waals surface area contributed by atoms with Crippen LogP contribution in [0.3, 0.4) is 0 Å². The molecule has 1 fully saturated rings. The van der Waals surface area contributed by atoms with Gasteiger partial charge in [-0.3, -0.25) is 9.69 Å². The van der Waals surface area contributed by atoms with E-state index in [1.54, 1.807) is 7.11 Å². The first-order valence-corrected chi connectivity index (χ1v) is 10.1. The Labute approximate surface area is 172 Å². The van der Waals surface area contributed by atoms with E-state index in [0.29, 0.717) is 11.6 Å². The number of ether oxygens (including phenoxy) is 1. The van der Waals surface area contributed by atoms with Crippen molar-refractivity contribution < 1.29 is 9.53 Å². The molecule has 0 spiro atoms. The molecule has 1 heterocycles. The van der Waals surface area contributed by atoms with Crippen LogP contribution in [0, 0.1) is 0 Å². The maximum Gasteiger partial charge on any atom is 0.255 e. The summed E-state index contributed by atoms with van der Waals surface area (Å²) in [5, 5.41) is 2.93. The van der Waals surface area contributed by atoms with Crippen molar-refractivity contribution in [2.24, 2.45) is 0 Å². The predicted octanol–water partition coefficient (Wildman–Crippen LogP) is 5.28. The van der Waals surface area contributed by atoms with Crippen molar-refractivity contribution in [1.29, 1.82) is 0 Å². The van der Waals surface area contributed by atoms with Crippen LogP contribution in [-0.2, 0) is 6.54 Å². The van der Waals surface area contributed by atoms with Gasteiger partial charge in [0.15, 0.2) is 0 Å². The molecule has 3 aromatic carbocycles. The van der Waals surface area contributed by atoms with Gasteiger partial charge in [-0.15, -0.1) is 0 Å². The normalized spacial score (nSPS) is 16.5. The highest BCUT2D eigenvalue weighted by Gasteiger charge is 2.26. The molecule has 1 aliphatic heterocycles. The highest BCUT2D eigenvalue weighted by atomic mass is 16.5. The third-order valence-corrected chi connectivity index (χ3v) is 5.50. The van der Waals surface area contributed by atoms with E-state index in [4.69, 9.17) is 4.74 Å². The number of hydrogen-bond acceptors (Lipinski definition) is 3. The van der Waals surface area contributed by atoms with Crippen molar-refractivity contribution in [3.05, 3.63) is 95.6 Å². The molecule has 0 bridgehead atoms. The summed E-state index contributed by atoms with van der Waals surface area (Å²) >= 11 is 0. The standard InChI is InChI=1S/C25H26N2O2/c1-29-23-15-13-20(14-16-23)24-8-5-17-27(24)18-19-9-11-21(12-10-19)25(28)26-22-6-3-2-4-7-22/h2-4,6-7,9-16,24H,5,8,17-18H2,1H3,(H,26,28)/t24-/m1/s1. The van der Waals surface area contributed by atoms with Crippen molar-refractivity contribution in [3.8, 4) is 5.75 Å². The van der Waals surface area contributed by atoms with Crippen molar-refractivity contribution in [2.45, 2.75) is 25.4 Å². The van der Waals surface area contributed by atoms with Gasteiger partial charge in [-0.25, -0.2) is 0 Å². The number of rotatable bonds is 6. The molecule has 29 heavy (non-hydrogen) atoms. The summed E-state index contributed by atoms with van der Waals surface area (Å²) in [6.45, 7) is 1.98. The van der Waals surface area contributed by atoms with Gasteiger partial charge < -0.3 is 10.1 Å². The maximum absolute atomic E-state index is 12.4. The molecule has 3 aromatic rings. The lowest BCUT2D eigenvalue weighted by Gasteiger charge is -2.25. The SMILES string of the molecule is COc1ccc([C@H]2CCCN2Cc2ccc(C(=O)Nc3ccccc3)cc2)cc1. The number of para-hydroxylation sites is 1. The number of likely N-dealkylation sites (tertiary alicyclic amines) is 1. The van der Waals surface area contributed by atoms with E-state index in [9.17, 15) is 4.79 Å². The molecule has 1 saturated heterocycles. The average molecular weight is 386 g/mol. The van der Waals surface area contributed by atoms with Gasteiger partial charge in [0.25, 0.3) is 5.91 Å². The summed E-state index contributed by atoms with van der Waals surface area (Å²) in [6.07, 6.45) is 2.37. The molecule has 0 radical (unpaired) electrons. The topological polar surface area (TPSA) is 41.6 Å². The number of nitrogens with one attached hydrogen (secondary N) is 1. The minimum absolute atomic E-state index is 0.0833. The van der Waals surface area contributed by atoms with E-state index in [0.717, 1.165) is 24.5 Å². The number of methoxy groups -OCH3 is 1. The highest BCUT2D eigenvalue weighted by molar-refractivity contribution is 6.04. The van der Waals surface area contributed by atoms with E-state index < -0.39 is 0 Å². The van der Waals surface area contributed by atoms with Crippen LogP contribution in [0.1, 0.15) is 40.4 Å². The fraction of sp³-hybridized carbons (Fsp3) is 0.240. The van der Waals surface area contributed by atoms with Gasteiger partial charge in [-0.2, -0.15) is 0 Å². The first kappa shape index (κ1) is 19.2. The number of carbonyl (C=O) groups excluding carboxylic acids is 1. The first-order chi connectivity index (χ1) is 14.2. The zero-order valence-electron chi connectivity index (χ0n) is 16.7. The summed E-state index contributed by atoms with van der Waals surface area (Å²) in [5.74, 6) is 0.808. The minimum Gasteiger partial charge on any atom is -0.497 e. The predicted molar refractivity (Wildman–Crippen MR) is 116 cm³/mol. The second-order valence-electron chi connectivity index (χ2n) is 7.42. The maximum atomic E-state index is 12.4. The van der Waals surface area contributed by atoms with E-state index >= 15 is 0 Å². The second kappa shape index (κ2) is 8.93. The lowest BCUT2D eigenvalue weighted by atomic mass is 10.0. The minimum atomic E-state index is -0.0833. The highest BCUT2D eigenvalue weighted by Crippen LogP contribution is 2.33. The molecule has 1 N–H and O–H groups in total. The Morgan fingerprint density at radius 2 is 1.72 bits per heavy atom. The fourth-order valence-electron chi connectivity index (χ4n) is 3.94. The lowest BCUT2D eigenvalue weighted by Crippen LogP contribution is -2.22. The molecule has 4 nitrogen and oxygen atoms in total. The third-order valence-electron chi connectivity index (χ3n) is 5.50. The summed E-state index contributed by atoms with van der Waals surface area (Å²) in [7, 11) is 1.70. The fourth-order valence-corrected chi connectivity index (χ4v) is 3.94. The molecular weight excluding hydrogens is 360 g/mol. The second-order valence-corrected chi connectivity index (χ2v) is 7.42. The Morgan fingerprint density at radius 1 is 1.00 bits per heavy atom. The number of carbonyl (C=O) groups is 1. The smallest absolute Gasteiger partial charge is 0.255 e. The van der Waals surface area contributed by atoms with Crippen LogP contribution in [0.15, 0.2) is 78.9 Å². The van der Waals surface area contributed by atoms with Gasteiger partial charge in [-0.1, -0.05) is 42.5 Å². The zero-order chi connectivity index (χ0) is 20.1. The van der Waals surface area contributed by atoms with Gasteiger partial charge >= 0.3 is 0 Å². The molecule has 0 unspecified atom stereocenters. The number of nitrogens with zero attached hydrogens (tertiary/aromatic N) is 1. The van der Waals surface area contributed by atoms with Crippen molar-refractivity contribution >= 4 is 11.6 Å². The Morgan fingerprint density at radius 3 is 2.41 bits per heavy atom. The number of hydrogen-bond donors (Lipinski definition) is 1. The van der Waals surface area contributed by atoms with E-state index in [2.05, 4.69) is 34.5 Å². The largest absolute Gasteiger partial charge is 0.497 e. The molecule has 1 amide bonds. The summed E-state index contributed by atoms with van der Waals surface area (Å²) < 4.78 is 5.28. The Balaban J connectivity index is 1.40. The molecule has 4 heteroatoms. The average Bonchev–Trinajstić information content (AvgIpc) is 3.23. The van der Waals surface area contributed by atoms with E-state index in [1.807, 2.05) is 54.6 Å². The van der Waals surface area contributed by atoms with Crippen LogP contribution in [-0.4, -0.2) is 24.5 Å². The molecule has 148 valence electrons. The quantitative estimate of drug-likeness (QED) is 0.626. The van der Waals surface area contributed by atoms with Crippen molar-refractivity contribution in [1.82, 2.24) is 4.90 Å². The Bertz CT molecular complexity index is 937. The van der Waals surface area contributed by atoms with Gasteiger partial charge in [-0.05, 0) is 66.9 Å². The van der Waals surface area contributed by atoms with Gasteiger partial charge in [0, 0.05) is 23.8 Å². The van der Waals surface area contributed by atoms with Gasteiger partial charge in [0.05, 0.1) is 7.11 Å². The summed E-state index contributed by atoms with van der Waals surface area (Å²) in [5.41, 5.74) is 4.04. The van der Waals surface area contributed by atoms with Crippen LogP contribution in [0.4, 0.5) is 5.69 Å². The lowest BCUT2D eigenvalue weighted by molar-refractivity contribution is 0.102. The molecule has 0 aliphatic carbocycles. The van der Waals surface area contributed by atoms with Crippen LogP contribution in [0.25, 0.3) is 0 Å². The number of anilines is 1. The van der Waals surface area contributed by atoms with Crippen LogP contribution < -0.4 is 10.1 Å². The van der Waals surface area contributed by atoms with Gasteiger partial charge in [0.1, 0.15) is 5.75 Å². The monoisotopic (exact) mass is 386 g/mol. The molecule has 4 rings (SSSR count). The molecule has 0 aromatic heterocycles. The number of benzene rings is 3. The number of amides is 1. The molecule has 1 atom stereocenters. The van der Waals surface area contributed by atoms with Crippen LogP contribution in [0.5, 0.6) is 5.75 Å². The Hall–Kier alpha value is -3.11. The van der Waals surface area contributed by atoms with E-state index in [-0.39, 0.29) is 5.91 Å².